The minimum Gasteiger partial charge on any atom is -0.386 e. The third-order valence-electron chi connectivity index (χ3n) is 4.55. The molecule has 9 heteroatoms. The molecule has 0 unspecified atom stereocenters. The van der Waals surface area contributed by atoms with Gasteiger partial charge in [-0.2, -0.15) is 0 Å². The molecule has 172 valence electrons. The van der Waals surface area contributed by atoms with Gasteiger partial charge in [0.15, 0.2) is 0 Å². The summed E-state index contributed by atoms with van der Waals surface area (Å²) in [5.41, 5.74) is 9.28. The van der Waals surface area contributed by atoms with Crippen LogP contribution in [-0.2, 0) is 16.0 Å². The van der Waals surface area contributed by atoms with Crippen LogP contribution in [0.1, 0.15) is 27.0 Å². The van der Waals surface area contributed by atoms with Crippen LogP contribution < -0.4 is 21.8 Å². The first-order valence-electron chi connectivity index (χ1n) is 10.1. The van der Waals surface area contributed by atoms with Crippen LogP contribution in [0, 0.1) is 11.8 Å². The van der Waals surface area contributed by atoms with E-state index in [1.165, 1.54) is 17.6 Å². The van der Waals surface area contributed by atoms with E-state index in [4.69, 9.17) is 10.9 Å². The fraction of sp³-hybridized carbons (Fsp3) is 0.208. The van der Waals surface area contributed by atoms with Crippen molar-refractivity contribution in [3.8, 4) is 11.8 Å². The van der Waals surface area contributed by atoms with Crippen LogP contribution in [0.3, 0.4) is 0 Å². The Morgan fingerprint density at radius 3 is 2.12 bits per heavy atom. The molecule has 2 rings (SSSR count). The molecule has 0 saturated heterocycles. The van der Waals surface area contributed by atoms with E-state index < -0.39 is 24.0 Å². The molecule has 0 radical (unpaired) electrons. The maximum Gasteiger partial charge on any atom is 0.268 e. The Balaban J connectivity index is 2.01. The van der Waals surface area contributed by atoms with E-state index in [2.05, 4.69) is 29.1 Å². The Bertz CT molecular complexity index is 1040. The Morgan fingerprint density at radius 1 is 1.03 bits per heavy atom. The fourth-order valence-electron chi connectivity index (χ4n) is 2.75. The highest BCUT2D eigenvalue weighted by molar-refractivity contribution is 5.97. The Hall–Kier alpha value is -3.97. The van der Waals surface area contributed by atoms with Crippen LogP contribution in [0.4, 0.5) is 0 Å². The lowest BCUT2D eigenvalue weighted by Crippen LogP contribution is -2.52. The van der Waals surface area contributed by atoms with Crippen LogP contribution >= 0.6 is 0 Å². The van der Waals surface area contributed by atoms with Gasteiger partial charge in [0.25, 0.3) is 11.8 Å². The summed E-state index contributed by atoms with van der Waals surface area (Å²) in [5, 5.41) is 23.6. The van der Waals surface area contributed by atoms with Crippen molar-refractivity contribution in [2.24, 2.45) is 5.73 Å². The van der Waals surface area contributed by atoms with Crippen molar-refractivity contribution < 1.29 is 24.7 Å². The minimum absolute atomic E-state index is 0.0919. The van der Waals surface area contributed by atoms with Gasteiger partial charge in [0, 0.05) is 29.8 Å². The lowest BCUT2D eigenvalue weighted by atomic mass is 10.1. The quantitative estimate of drug-likeness (QED) is 0.135. The maximum atomic E-state index is 12.4. The van der Waals surface area contributed by atoms with Gasteiger partial charge in [-0.3, -0.25) is 19.6 Å². The largest absolute Gasteiger partial charge is 0.386 e. The molecule has 2 atom stereocenters. The first kappa shape index (κ1) is 25.3. The molecule has 3 amide bonds. The highest BCUT2D eigenvalue weighted by Crippen LogP contribution is 2.07. The zero-order valence-corrected chi connectivity index (χ0v) is 17.9. The number of rotatable bonds is 9. The summed E-state index contributed by atoms with van der Waals surface area (Å²) in [6.07, 6.45) is -0.0397. The molecule has 0 fully saturated rings. The lowest BCUT2D eigenvalue weighted by molar-refractivity contribution is -0.133. The van der Waals surface area contributed by atoms with E-state index in [-0.39, 0.29) is 17.9 Å². The molecule has 2 aromatic carbocycles. The first-order chi connectivity index (χ1) is 15.9. The van der Waals surface area contributed by atoms with Crippen molar-refractivity contribution in [1.29, 1.82) is 0 Å². The predicted molar refractivity (Wildman–Crippen MR) is 122 cm³/mol. The summed E-state index contributed by atoms with van der Waals surface area (Å²) in [6.45, 7) is 4.20. The average Bonchev–Trinajstić information content (AvgIpc) is 2.84. The number of aliphatic hydroxyl groups is 1. The number of carbonyl (C=O) groups is 3. The summed E-state index contributed by atoms with van der Waals surface area (Å²) in [6, 6.07) is 12.2. The van der Waals surface area contributed by atoms with Gasteiger partial charge in [-0.25, -0.2) is 5.48 Å². The Morgan fingerprint density at radius 2 is 1.61 bits per heavy atom. The molecule has 0 aliphatic carbocycles. The third kappa shape index (κ3) is 7.90. The number of nitrogens with one attached hydrogen (secondary N) is 3. The van der Waals surface area contributed by atoms with Gasteiger partial charge in [-0.05, 0) is 42.0 Å². The number of amides is 3. The standard InChI is InChI=1S/C24H26N4O5/c1-2-20(29)22(24(32)28-33)27-23(31)19-11-9-17(10-12-19)4-3-16-5-7-18(8-6-16)15-21(30)26-14-13-25/h2,5-12,20,22,29,33H,1,13-15,25H2,(H,26,30)(H,27,31)(H,28,32)/t20-,22+/m1/s1. The minimum atomic E-state index is -1.39. The van der Waals surface area contributed by atoms with Crippen LogP contribution in [0.25, 0.3) is 0 Å². The highest BCUT2D eigenvalue weighted by atomic mass is 16.5. The van der Waals surface area contributed by atoms with Crippen molar-refractivity contribution in [2.45, 2.75) is 18.6 Å². The van der Waals surface area contributed by atoms with Gasteiger partial charge in [-0.1, -0.05) is 30.0 Å². The van der Waals surface area contributed by atoms with Gasteiger partial charge >= 0.3 is 0 Å². The summed E-state index contributed by atoms with van der Waals surface area (Å²) >= 11 is 0. The molecular formula is C24H26N4O5. The third-order valence-corrected chi connectivity index (χ3v) is 4.55. The maximum absolute atomic E-state index is 12.4. The van der Waals surface area contributed by atoms with Crippen molar-refractivity contribution in [2.75, 3.05) is 13.1 Å². The molecule has 0 aliphatic heterocycles. The summed E-state index contributed by atoms with van der Waals surface area (Å²) in [4.78, 5) is 35.7. The van der Waals surface area contributed by atoms with E-state index >= 15 is 0 Å². The molecule has 0 spiro atoms. The molecule has 0 saturated carbocycles. The highest BCUT2D eigenvalue weighted by Gasteiger charge is 2.26. The van der Waals surface area contributed by atoms with Crippen molar-refractivity contribution in [3.63, 3.8) is 0 Å². The van der Waals surface area contributed by atoms with Gasteiger partial charge in [0.2, 0.25) is 5.91 Å². The van der Waals surface area contributed by atoms with Gasteiger partial charge < -0.3 is 21.5 Å². The Kier molecular flexibility index (Phi) is 9.80. The number of aliphatic hydroxyl groups excluding tert-OH is 1. The predicted octanol–water partition coefficient (Wildman–Crippen LogP) is -0.145. The van der Waals surface area contributed by atoms with Crippen LogP contribution in [-0.4, -0.2) is 53.3 Å². The fourth-order valence-corrected chi connectivity index (χ4v) is 2.75. The number of hydrogen-bond donors (Lipinski definition) is 6. The van der Waals surface area contributed by atoms with Crippen molar-refractivity contribution in [1.82, 2.24) is 16.1 Å². The lowest BCUT2D eigenvalue weighted by Gasteiger charge is -2.19. The smallest absolute Gasteiger partial charge is 0.268 e. The second-order valence-electron chi connectivity index (χ2n) is 6.99. The van der Waals surface area contributed by atoms with Crippen molar-refractivity contribution in [3.05, 3.63) is 83.4 Å². The number of hydrogen-bond acceptors (Lipinski definition) is 6. The normalized spacial score (nSPS) is 11.8. The number of benzene rings is 2. The number of carbonyl (C=O) groups excluding carboxylic acids is 3. The van der Waals surface area contributed by atoms with Gasteiger partial charge in [0.1, 0.15) is 12.1 Å². The van der Waals surface area contributed by atoms with Gasteiger partial charge in [0.05, 0.1) is 6.42 Å². The summed E-state index contributed by atoms with van der Waals surface area (Å²) in [7, 11) is 0. The first-order valence-corrected chi connectivity index (χ1v) is 10.1. The van der Waals surface area contributed by atoms with Crippen LogP contribution in [0.15, 0.2) is 61.2 Å². The van der Waals surface area contributed by atoms with Gasteiger partial charge in [-0.15, -0.1) is 6.58 Å². The van der Waals surface area contributed by atoms with Crippen LogP contribution in [0.5, 0.6) is 0 Å². The van der Waals surface area contributed by atoms with Crippen LogP contribution in [0.2, 0.25) is 0 Å². The Labute approximate surface area is 191 Å². The van der Waals surface area contributed by atoms with E-state index in [1.54, 1.807) is 12.1 Å². The summed E-state index contributed by atoms with van der Waals surface area (Å²) < 4.78 is 0. The molecule has 2 aromatic rings. The molecule has 33 heavy (non-hydrogen) atoms. The second kappa shape index (κ2) is 12.8. The second-order valence-corrected chi connectivity index (χ2v) is 6.99. The monoisotopic (exact) mass is 450 g/mol. The summed E-state index contributed by atoms with van der Waals surface area (Å²) in [5.74, 6) is 4.32. The van der Waals surface area contributed by atoms with E-state index in [0.717, 1.165) is 17.2 Å². The molecule has 0 aliphatic rings. The molecule has 0 aromatic heterocycles. The number of hydroxylamine groups is 1. The zero-order chi connectivity index (χ0) is 24.2. The average molecular weight is 450 g/mol. The van der Waals surface area contributed by atoms with E-state index in [9.17, 15) is 19.5 Å². The molecular weight excluding hydrogens is 424 g/mol. The zero-order valence-electron chi connectivity index (χ0n) is 17.9. The molecule has 7 N–H and O–H groups in total. The van der Waals surface area contributed by atoms with E-state index in [0.29, 0.717) is 18.7 Å². The topological polar surface area (TPSA) is 154 Å². The molecule has 9 nitrogen and oxygen atoms in total. The molecule has 0 bridgehead atoms. The number of nitrogens with two attached hydrogens (primary N) is 1. The van der Waals surface area contributed by atoms with Crippen molar-refractivity contribution >= 4 is 17.7 Å². The van der Waals surface area contributed by atoms with E-state index in [1.807, 2.05) is 24.3 Å². The SMILES string of the molecule is C=C[C@@H](O)[C@H](NC(=O)c1ccc(C#Cc2ccc(CC(=O)NCCN)cc2)cc1)C(=O)NO. The molecule has 0 heterocycles.